The smallest absolute Gasteiger partial charge is 0.139 e. The second kappa shape index (κ2) is 3.54. The summed E-state index contributed by atoms with van der Waals surface area (Å²) in [5.41, 5.74) is 0. The van der Waals surface area contributed by atoms with Crippen molar-refractivity contribution in [2.75, 3.05) is 13.2 Å². The van der Waals surface area contributed by atoms with Crippen LogP contribution in [0.15, 0.2) is 0 Å². The van der Waals surface area contributed by atoms with E-state index in [4.69, 9.17) is 4.74 Å². The molecule has 2 aliphatic rings. The topological polar surface area (TPSA) is 38.3 Å². The normalized spacial score (nSPS) is 37.3. The maximum atomic E-state index is 10.5. The molecule has 2 atom stereocenters. The van der Waals surface area contributed by atoms with E-state index in [0.717, 1.165) is 18.8 Å². The van der Waals surface area contributed by atoms with Crippen LogP contribution in [0.2, 0.25) is 0 Å². The summed E-state index contributed by atoms with van der Waals surface area (Å²) in [5, 5.41) is 3.31. The molecule has 1 heterocycles. The molecular formula is C9H15NO2. The van der Waals surface area contributed by atoms with Crippen LogP contribution in [0.25, 0.3) is 0 Å². The van der Waals surface area contributed by atoms with Crippen LogP contribution in [-0.4, -0.2) is 31.6 Å². The fourth-order valence-electron chi connectivity index (χ4n) is 1.89. The van der Waals surface area contributed by atoms with E-state index >= 15 is 0 Å². The maximum Gasteiger partial charge on any atom is 0.139 e. The van der Waals surface area contributed by atoms with Crippen molar-refractivity contribution in [1.29, 1.82) is 0 Å². The fourth-order valence-corrected chi connectivity index (χ4v) is 1.89. The molecule has 12 heavy (non-hydrogen) atoms. The quantitative estimate of drug-likeness (QED) is 0.606. The predicted molar refractivity (Wildman–Crippen MR) is 44.9 cm³/mol. The predicted octanol–water partition coefficient (Wildman–Crippen LogP) is 0.342. The number of carbonyl (C=O) groups excluding carboxylic acids is 1. The molecule has 1 N–H and O–H groups in total. The Morgan fingerprint density at radius 1 is 1.33 bits per heavy atom. The van der Waals surface area contributed by atoms with Gasteiger partial charge in [-0.05, 0) is 18.8 Å². The molecule has 0 amide bonds. The van der Waals surface area contributed by atoms with Gasteiger partial charge in [-0.1, -0.05) is 6.42 Å². The van der Waals surface area contributed by atoms with Crippen LogP contribution in [0.3, 0.4) is 0 Å². The standard InChI is InChI=1S/C9H15NO2/c11-4-8-5-12-6-9(10-8)7-2-1-3-7/h4,7-10H,1-3,5-6H2. The van der Waals surface area contributed by atoms with Gasteiger partial charge >= 0.3 is 0 Å². The molecule has 68 valence electrons. The van der Waals surface area contributed by atoms with Gasteiger partial charge in [0.15, 0.2) is 0 Å². The Morgan fingerprint density at radius 2 is 2.17 bits per heavy atom. The summed E-state index contributed by atoms with van der Waals surface area (Å²) < 4.78 is 5.35. The Balaban J connectivity index is 1.84. The van der Waals surface area contributed by atoms with Gasteiger partial charge in [-0.3, -0.25) is 0 Å². The van der Waals surface area contributed by atoms with Crippen LogP contribution in [0, 0.1) is 5.92 Å². The number of rotatable bonds is 2. The van der Waals surface area contributed by atoms with Crippen molar-refractivity contribution in [3.05, 3.63) is 0 Å². The Labute approximate surface area is 72.5 Å². The highest BCUT2D eigenvalue weighted by Gasteiger charge is 2.31. The number of hydrogen-bond donors (Lipinski definition) is 1. The molecule has 2 fully saturated rings. The molecule has 0 aromatic rings. The van der Waals surface area contributed by atoms with Gasteiger partial charge in [0.05, 0.1) is 19.3 Å². The highest BCUT2D eigenvalue weighted by Crippen LogP contribution is 2.30. The zero-order chi connectivity index (χ0) is 8.39. The molecule has 0 bridgehead atoms. The van der Waals surface area contributed by atoms with E-state index in [-0.39, 0.29) is 6.04 Å². The summed E-state index contributed by atoms with van der Waals surface area (Å²) in [7, 11) is 0. The van der Waals surface area contributed by atoms with Crippen LogP contribution in [0.5, 0.6) is 0 Å². The SMILES string of the molecule is O=CC1COCC(C2CCC2)N1. The molecule has 1 saturated carbocycles. The van der Waals surface area contributed by atoms with Crippen molar-refractivity contribution in [3.63, 3.8) is 0 Å². The van der Waals surface area contributed by atoms with Gasteiger partial charge in [-0.15, -0.1) is 0 Å². The molecule has 0 aromatic carbocycles. The van der Waals surface area contributed by atoms with E-state index in [9.17, 15) is 4.79 Å². The third kappa shape index (κ3) is 1.52. The summed E-state index contributed by atoms with van der Waals surface area (Å²) in [5.74, 6) is 0.757. The maximum absolute atomic E-state index is 10.5. The number of ether oxygens (including phenoxy) is 1. The highest BCUT2D eigenvalue weighted by atomic mass is 16.5. The Morgan fingerprint density at radius 3 is 2.75 bits per heavy atom. The monoisotopic (exact) mass is 169 g/mol. The molecule has 3 nitrogen and oxygen atoms in total. The van der Waals surface area contributed by atoms with E-state index in [1.165, 1.54) is 19.3 Å². The van der Waals surface area contributed by atoms with Crippen LogP contribution in [0.4, 0.5) is 0 Å². The average Bonchev–Trinajstić information content (AvgIpc) is 2.02. The molecule has 1 saturated heterocycles. The van der Waals surface area contributed by atoms with Gasteiger partial charge in [0.1, 0.15) is 6.29 Å². The second-order valence-corrected chi connectivity index (χ2v) is 3.74. The molecule has 2 rings (SSSR count). The van der Waals surface area contributed by atoms with E-state index in [0.29, 0.717) is 12.6 Å². The van der Waals surface area contributed by atoms with Crippen molar-refractivity contribution < 1.29 is 9.53 Å². The van der Waals surface area contributed by atoms with Crippen molar-refractivity contribution >= 4 is 6.29 Å². The summed E-state index contributed by atoms with van der Waals surface area (Å²) in [6.45, 7) is 1.34. The first-order chi connectivity index (χ1) is 5.90. The molecule has 0 radical (unpaired) electrons. The number of nitrogens with one attached hydrogen (secondary N) is 1. The van der Waals surface area contributed by atoms with Gasteiger partial charge in [-0.25, -0.2) is 0 Å². The minimum absolute atomic E-state index is 0.0654. The third-order valence-electron chi connectivity index (χ3n) is 2.91. The number of aldehydes is 1. The van der Waals surface area contributed by atoms with Gasteiger partial charge in [-0.2, -0.15) is 0 Å². The minimum Gasteiger partial charge on any atom is -0.378 e. The highest BCUT2D eigenvalue weighted by molar-refractivity contribution is 5.57. The second-order valence-electron chi connectivity index (χ2n) is 3.74. The Hall–Kier alpha value is -0.410. The van der Waals surface area contributed by atoms with E-state index in [2.05, 4.69) is 5.32 Å². The zero-order valence-corrected chi connectivity index (χ0v) is 7.16. The summed E-state index contributed by atoms with van der Waals surface area (Å²) >= 11 is 0. The summed E-state index contributed by atoms with van der Waals surface area (Å²) in [6, 6.07) is 0.368. The van der Waals surface area contributed by atoms with Crippen molar-refractivity contribution in [1.82, 2.24) is 5.32 Å². The van der Waals surface area contributed by atoms with Crippen LogP contribution >= 0.6 is 0 Å². The first-order valence-corrected chi connectivity index (χ1v) is 4.69. The Kier molecular flexibility index (Phi) is 2.42. The summed E-state index contributed by atoms with van der Waals surface area (Å²) in [4.78, 5) is 10.5. The lowest BCUT2D eigenvalue weighted by molar-refractivity contribution is -0.113. The first-order valence-electron chi connectivity index (χ1n) is 4.69. The van der Waals surface area contributed by atoms with Crippen molar-refractivity contribution in [2.24, 2.45) is 5.92 Å². The van der Waals surface area contributed by atoms with Crippen molar-refractivity contribution in [2.45, 2.75) is 31.3 Å². The third-order valence-corrected chi connectivity index (χ3v) is 2.91. The molecular weight excluding hydrogens is 154 g/mol. The Bertz CT molecular complexity index is 168. The lowest BCUT2D eigenvalue weighted by atomic mass is 9.79. The van der Waals surface area contributed by atoms with Crippen LogP contribution < -0.4 is 5.32 Å². The van der Waals surface area contributed by atoms with E-state index in [1.807, 2.05) is 0 Å². The number of carbonyl (C=O) groups is 1. The molecule has 0 aromatic heterocycles. The fraction of sp³-hybridized carbons (Fsp3) is 0.889. The van der Waals surface area contributed by atoms with Crippen molar-refractivity contribution in [3.8, 4) is 0 Å². The van der Waals surface area contributed by atoms with Crippen LogP contribution in [0.1, 0.15) is 19.3 Å². The first kappa shape index (κ1) is 8.20. The van der Waals surface area contributed by atoms with Gasteiger partial charge in [0, 0.05) is 6.04 Å². The molecule has 1 aliphatic carbocycles. The number of hydrogen-bond acceptors (Lipinski definition) is 3. The lowest BCUT2D eigenvalue weighted by Gasteiger charge is -2.38. The largest absolute Gasteiger partial charge is 0.378 e. The lowest BCUT2D eigenvalue weighted by Crippen LogP contribution is -2.54. The van der Waals surface area contributed by atoms with Gasteiger partial charge in [0.2, 0.25) is 0 Å². The molecule has 3 heteroatoms. The summed E-state index contributed by atoms with van der Waals surface area (Å²) in [6.07, 6.45) is 4.89. The molecule has 2 unspecified atom stereocenters. The van der Waals surface area contributed by atoms with E-state index in [1.54, 1.807) is 0 Å². The van der Waals surface area contributed by atoms with Gasteiger partial charge in [0.25, 0.3) is 0 Å². The number of morpholine rings is 1. The zero-order valence-electron chi connectivity index (χ0n) is 7.16. The molecule has 1 aliphatic heterocycles. The molecule has 0 spiro atoms. The minimum atomic E-state index is -0.0654. The average molecular weight is 169 g/mol. The van der Waals surface area contributed by atoms with Gasteiger partial charge < -0.3 is 14.8 Å². The van der Waals surface area contributed by atoms with Crippen LogP contribution in [-0.2, 0) is 9.53 Å². The van der Waals surface area contributed by atoms with E-state index < -0.39 is 0 Å².